The van der Waals surface area contributed by atoms with E-state index in [1.54, 1.807) is 0 Å². The summed E-state index contributed by atoms with van der Waals surface area (Å²) in [5, 5.41) is 5.81. The fourth-order valence-corrected chi connectivity index (χ4v) is 2.34. The van der Waals surface area contributed by atoms with Crippen molar-refractivity contribution in [3.63, 3.8) is 0 Å². The molecule has 2 rings (SSSR count). The molecule has 0 radical (unpaired) electrons. The molecule has 0 atom stereocenters. The molecular weight excluding hydrogens is 292 g/mol. The fourth-order valence-electron chi connectivity index (χ4n) is 2.19. The number of carbonyl (C=O) groups is 1. The molecule has 1 aliphatic heterocycles. The summed E-state index contributed by atoms with van der Waals surface area (Å²) in [6.07, 6.45) is 3.49. The Morgan fingerprint density at radius 2 is 1.95 bits per heavy atom. The Morgan fingerprint density at radius 1 is 1.24 bits per heavy atom. The summed E-state index contributed by atoms with van der Waals surface area (Å²) in [6, 6.07) is 0.102. The van der Waals surface area contributed by atoms with Gasteiger partial charge in [0.05, 0.1) is 6.54 Å². The molecule has 1 aliphatic rings. The molecule has 1 fully saturated rings. The van der Waals surface area contributed by atoms with E-state index in [2.05, 4.69) is 30.5 Å². The second-order valence-corrected chi connectivity index (χ2v) is 5.69. The van der Waals surface area contributed by atoms with Crippen molar-refractivity contribution in [1.82, 2.24) is 20.3 Å². The lowest BCUT2D eigenvalue weighted by Gasteiger charge is -2.26. The van der Waals surface area contributed by atoms with Crippen LogP contribution in [-0.2, 0) is 4.79 Å². The van der Waals surface area contributed by atoms with E-state index in [1.807, 2.05) is 13.8 Å². The number of piperidine rings is 1. The highest BCUT2D eigenvalue weighted by Gasteiger charge is 2.16. The highest BCUT2D eigenvalue weighted by Crippen LogP contribution is 2.18. The largest absolute Gasteiger partial charge is 0.352 e. The Kier molecular flexibility index (Phi) is 5.55. The molecule has 0 aromatic carbocycles. The van der Waals surface area contributed by atoms with Crippen molar-refractivity contribution >= 4 is 29.4 Å². The minimum absolute atomic E-state index is 0.102. The van der Waals surface area contributed by atoms with Crippen LogP contribution in [-0.4, -0.2) is 46.5 Å². The van der Waals surface area contributed by atoms with E-state index in [-0.39, 0.29) is 23.8 Å². The number of rotatable bonds is 5. The number of nitrogens with zero attached hydrogens (tertiary/aromatic N) is 4. The van der Waals surface area contributed by atoms with Gasteiger partial charge < -0.3 is 15.5 Å². The summed E-state index contributed by atoms with van der Waals surface area (Å²) >= 11 is 5.94. The molecule has 1 aromatic heterocycles. The third-order valence-corrected chi connectivity index (χ3v) is 3.26. The lowest BCUT2D eigenvalue weighted by Crippen LogP contribution is -2.35. The average Bonchev–Trinajstić information content (AvgIpc) is 2.45. The zero-order valence-electron chi connectivity index (χ0n) is 12.4. The molecule has 0 saturated carbocycles. The first-order valence-electron chi connectivity index (χ1n) is 7.24. The van der Waals surface area contributed by atoms with E-state index in [4.69, 9.17) is 11.6 Å². The van der Waals surface area contributed by atoms with Gasteiger partial charge in [-0.2, -0.15) is 15.0 Å². The molecule has 2 N–H and O–H groups in total. The van der Waals surface area contributed by atoms with Crippen molar-refractivity contribution in [2.75, 3.05) is 29.9 Å². The van der Waals surface area contributed by atoms with Crippen molar-refractivity contribution in [3.8, 4) is 0 Å². The fraction of sp³-hybridized carbons (Fsp3) is 0.692. The number of anilines is 2. The van der Waals surface area contributed by atoms with Crippen LogP contribution in [0.3, 0.4) is 0 Å². The Morgan fingerprint density at radius 3 is 2.62 bits per heavy atom. The number of hydrogen-bond acceptors (Lipinski definition) is 6. The van der Waals surface area contributed by atoms with E-state index < -0.39 is 0 Å². The van der Waals surface area contributed by atoms with Crippen LogP contribution in [0.5, 0.6) is 0 Å². The van der Waals surface area contributed by atoms with Gasteiger partial charge in [-0.25, -0.2) is 0 Å². The molecule has 0 unspecified atom stereocenters. The Labute approximate surface area is 129 Å². The zero-order valence-corrected chi connectivity index (χ0v) is 13.2. The van der Waals surface area contributed by atoms with E-state index in [0.717, 1.165) is 25.9 Å². The monoisotopic (exact) mass is 312 g/mol. The van der Waals surface area contributed by atoms with Crippen LogP contribution in [0.4, 0.5) is 11.9 Å². The number of hydrogen-bond donors (Lipinski definition) is 2. The first-order chi connectivity index (χ1) is 10.0. The zero-order chi connectivity index (χ0) is 15.2. The van der Waals surface area contributed by atoms with Gasteiger partial charge in [0.1, 0.15) is 0 Å². The Balaban J connectivity index is 1.99. The highest BCUT2D eigenvalue weighted by atomic mass is 35.5. The van der Waals surface area contributed by atoms with Crippen molar-refractivity contribution < 1.29 is 4.79 Å². The SMILES string of the molecule is CC(C)NC(=O)CNc1nc(Cl)nc(N2CCCCC2)n1. The maximum atomic E-state index is 11.6. The number of aromatic nitrogens is 3. The maximum Gasteiger partial charge on any atom is 0.239 e. The topological polar surface area (TPSA) is 83.0 Å². The summed E-state index contributed by atoms with van der Waals surface area (Å²) in [5.74, 6) is 0.789. The minimum Gasteiger partial charge on any atom is -0.352 e. The van der Waals surface area contributed by atoms with Crippen LogP contribution in [0.1, 0.15) is 33.1 Å². The third-order valence-electron chi connectivity index (χ3n) is 3.09. The summed E-state index contributed by atoms with van der Waals surface area (Å²) in [4.78, 5) is 26.2. The summed E-state index contributed by atoms with van der Waals surface area (Å²) in [5.41, 5.74) is 0. The van der Waals surface area contributed by atoms with Gasteiger partial charge in [0.15, 0.2) is 0 Å². The van der Waals surface area contributed by atoms with Crippen LogP contribution in [0.25, 0.3) is 0 Å². The minimum atomic E-state index is -0.110. The second kappa shape index (κ2) is 7.40. The quantitative estimate of drug-likeness (QED) is 0.856. The molecule has 0 aliphatic carbocycles. The van der Waals surface area contributed by atoms with Gasteiger partial charge >= 0.3 is 0 Å². The summed E-state index contributed by atoms with van der Waals surface area (Å²) < 4.78 is 0. The highest BCUT2D eigenvalue weighted by molar-refractivity contribution is 6.28. The summed E-state index contributed by atoms with van der Waals surface area (Å²) in [6.45, 7) is 5.78. The van der Waals surface area contributed by atoms with E-state index in [9.17, 15) is 4.79 Å². The Hall–Kier alpha value is -1.63. The molecule has 7 nitrogen and oxygen atoms in total. The van der Waals surface area contributed by atoms with Gasteiger partial charge in [-0.3, -0.25) is 4.79 Å². The van der Waals surface area contributed by atoms with Crippen LogP contribution in [0, 0.1) is 0 Å². The molecule has 21 heavy (non-hydrogen) atoms. The maximum absolute atomic E-state index is 11.6. The number of halogens is 1. The molecule has 0 spiro atoms. The van der Waals surface area contributed by atoms with E-state index >= 15 is 0 Å². The number of carbonyl (C=O) groups excluding carboxylic acids is 1. The lowest BCUT2D eigenvalue weighted by molar-refractivity contribution is -0.119. The van der Waals surface area contributed by atoms with Crippen LogP contribution < -0.4 is 15.5 Å². The molecular formula is C13H21ClN6O. The summed E-state index contributed by atoms with van der Waals surface area (Å²) in [7, 11) is 0. The molecule has 116 valence electrons. The molecule has 8 heteroatoms. The predicted molar refractivity (Wildman–Crippen MR) is 82.7 cm³/mol. The van der Waals surface area contributed by atoms with Crippen LogP contribution in [0.2, 0.25) is 5.28 Å². The van der Waals surface area contributed by atoms with Gasteiger partial charge in [-0.1, -0.05) is 0 Å². The van der Waals surface area contributed by atoms with Crippen molar-refractivity contribution in [2.24, 2.45) is 0 Å². The van der Waals surface area contributed by atoms with Gasteiger partial charge in [-0.15, -0.1) is 0 Å². The number of nitrogens with one attached hydrogen (secondary N) is 2. The molecule has 1 saturated heterocycles. The van der Waals surface area contributed by atoms with Gasteiger partial charge in [0.25, 0.3) is 0 Å². The smallest absolute Gasteiger partial charge is 0.239 e. The lowest BCUT2D eigenvalue weighted by atomic mass is 10.1. The first-order valence-corrected chi connectivity index (χ1v) is 7.62. The molecule has 2 heterocycles. The van der Waals surface area contributed by atoms with E-state index in [1.165, 1.54) is 6.42 Å². The molecule has 0 bridgehead atoms. The predicted octanol–water partition coefficient (Wildman–Crippen LogP) is 1.45. The van der Waals surface area contributed by atoms with Gasteiger partial charge in [0.2, 0.25) is 23.1 Å². The molecule has 1 amide bonds. The third kappa shape index (κ3) is 5.00. The molecule has 1 aromatic rings. The normalized spacial score (nSPS) is 15.1. The van der Waals surface area contributed by atoms with Crippen molar-refractivity contribution in [2.45, 2.75) is 39.2 Å². The average molecular weight is 313 g/mol. The van der Waals surface area contributed by atoms with Gasteiger partial charge in [-0.05, 0) is 44.7 Å². The number of amides is 1. The van der Waals surface area contributed by atoms with E-state index in [0.29, 0.717) is 11.9 Å². The van der Waals surface area contributed by atoms with Crippen molar-refractivity contribution in [3.05, 3.63) is 5.28 Å². The van der Waals surface area contributed by atoms with Crippen molar-refractivity contribution in [1.29, 1.82) is 0 Å². The standard InChI is InChI=1S/C13H21ClN6O/c1-9(2)16-10(21)8-15-12-17-11(14)18-13(19-12)20-6-4-3-5-7-20/h9H,3-8H2,1-2H3,(H,16,21)(H,15,17,18,19). The second-order valence-electron chi connectivity index (χ2n) is 5.35. The first kappa shape index (κ1) is 15.8. The van der Waals surface area contributed by atoms with Gasteiger partial charge in [0, 0.05) is 19.1 Å². The van der Waals surface area contributed by atoms with Crippen LogP contribution in [0.15, 0.2) is 0 Å². The Bertz CT molecular complexity index is 490. The van der Waals surface area contributed by atoms with Crippen LogP contribution >= 0.6 is 11.6 Å².